The van der Waals surface area contributed by atoms with E-state index < -0.39 is 0 Å². The first-order valence-electron chi connectivity index (χ1n) is 5.88. The average Bonchev–Trinajstić information content (AvgIpc) is 2.75. The van der Waals surface area contributed by atoms with Gasteiger partial charge in [0.2, 0.25) is 16.4 Å². The molecule has 0 unspecified atom stereocenters. The van der Waals surface area contributed by atoms with E-state index in [1.54, 1.807) is 6.26 Å². The number of oxazole rings is 1. The van der Waals surface area contributed by atoms with Crippen LogP contribution in [0.4, 0.5) is 5.95 Å². The second-order valence-electron chi connectivity index (χ2n) is 3.72. The molecule has 0 saturated carbocycles. The predicted octanol–water partition coefficient (Wildman–Crippen LogP) is 2.82. The quantitative estimate of drug-likeness (QED) is 0.841. The molecule has 0 N–H and O–H groups in total. The maximum atomic E-state index is 5.93. The zero-order chi connectivity index (χ0) is 13.8. The summed E-state index contributed by atoms with van der Waals surface area (Å²) in [4.78, 5) is 18.7. The number of anilines is 1. The molecule has 0 atom stereocenters. The number of aryl methyl sites for hydroxylation is 1. The van der Waals surface area contributed by atoms with E-state index in [0.29, 0.717) is 16.3 Å². The summed E-state index contributed by atoms with van der Waals surface area (Å²) in [6.45, 7) is 7.53. The minimum Gasteiger partial charge on any atom is -0.439 e. The Morgan fingerprint density at radius 1 is 1.21 bits per heavy atom. The number of hydrogen-bond acceptors (Lipinski definition) is 7. The number of aromatic nitrogens is 4. The van der Waals surface area contributed by atoms with Crippen LogP contribution in [0.1, 0.15) is 19.5 Å². The van der Waals surface area contributed by atoms with Gasteiger partial charge in [0.05, 0.1) is 5.69 Å². The van der Waals surface area contributed by atoms with Crippen LogP contribution in [0, 0.1) is 6.92 Å². The molecule has 0 radical (unpaired) electrons. The molecule has 8 heteroatoms. The lowest BCUT2D eigenvalue weighted by atomic mass is 10.5. The van der Waals surface area contributed by atoms with Crippen LogP contribution >= 0.6 is 23.4 Å². The van der Waals surface area contributed by atoms with E-state index >= 15 is 0 Å². The zero-order valence-electron chi connectivity index (χ0n) is 10.9. The fourth-order valence-corrected chi connectivity index (χ4v) is 2.38. The summed E-state index contributed by atoms with van der Waals surface area (Å²) in [6.07, 6.45) is 1.58. The number of nitrogens with zero attached hydrogens (tertiary/aromatic N) is 5. The normalized spacial score (nSPS) is 10.7. The van der Waals surface area contributed by atoms with E-state index in [4.69, 9.17) is 16.0 Å². The largest absolute Gasteiger partial charge is 0.439 e. The summed E-state index contributed by atoms with van der Waals surface area (Å²) in [5.41, 5.74) is 0.812. The highest BCUT2D eigenvalue weighted by Crippen LogP contribution is 2.25. The van der Waals surface area contributed by atoms with Crippen molar-refractivity contribution < 1.29 is 4.42 Å². The van der Waals surface area contributed by atoms with Gasteiger partial charge in [-0.25, -0.2) is 4.98 Å². The standard InChI is InChI=1S/C11H14ClN5OS/c1-4-17(5-2)9-14-8(12)15-10(16-9)19-11-13-7(3)6-18-11/h6H,4-5H2,1-3H3. The van der Waals surface area contributed by atoms with Crippen LogP contribution in [0.2, 0.25) is 5.28 Å². The molecular weight excluding hydrogens is 286 g/mol. The molecule has 0 bridgehead atoms. The van der Waals surface area contributed by atoms with Gasteiger partial charge in [0.1, 0.15) is 6.26 Å². The first-order valence-corrected chi connectivity index (χ1v) is 7.08. The fourth-order valence-electron chi connectivity index (χ4n) is 1.47. The third kappa shape index (κ3) is 3.57. The smallest absolute Gasteiger partial charge is 0.263 e. The Labute approximate surface area is 120 Å². The van der Waals surface area contributed by atoms with Crippen molar-refractivity contribution in [3.05, 3.63) is 17.2 Å². The van der Waals surface area contributed by atoms with Crippen LogP contribution in [0.3, 0.4) is 0 Å². The Hall–Kier alpha value is -1.34. The van der Waals surface area contributed by atoms with Crippen molar-refractivity contribution in [3.8, 4) is 0 Å². The highest BCUT2D eigenvalue weighted by atomic mass is 35.5. The van der Waals surface area contributed by atoms with E-state index in [1.165, 1.54) is 11.8 Å². The number of halogens is 1. The first-order chi connectivity index (χ1) is 9.12. The van der Waals surface area contributed by atoms with Gasteiger partial charge in [-0.15, -0.1) is 0 Å². The highest BCUT2D eigenvalue weighted by molar-refractivity contribution is 7.98. The van der Waals surface area contributed by atoms with E-state index in [2.05, 4.69) is 19.9 Å². The molecule has 0 aliphatic heterocycles. The summed E-state index contributed by atoms with van der Waals surface area (Å²) in [5, 5.41) is 1.14. The maximum absolute atomic E-state index is 5.93. The molecule has 0 aromatic carbocycles. The van der Waals surface area contributed by atoms with Gasteiger partial charge in [-0.3, -0.25) is 0 Å². The third-order valence-electron chi connectivity index (χ3n) is 2.40. The molecular formula is C11H14ClN5OS. The Kier molecular flexibility index (Phi) is 4.60. The molecule has 0 aliphatic carbocycles. The summed E-state index contributed by atoms with van der Waals surface area (Å²) >= 11 is 7.15. The summed E-state index contributed by atoms with van der Waals surface area (Å²) in [5.74, 6) is 0.566. The van der Waals surface area contributed by atoms with Gasteiger partial charge in [0.15, 0.2) is 0 Å². The van der Waals surface area contributed by atoms with Crippen molar-refractivity contribution in [3.63, 3.8) is 0 Å². The van der Waals surface area contributed by atoms with Gasteiger partial charge in [0.25, 0.3) is 5.22 Å². The molecule has 19 heavy (non-hydrogen) atoms. The van der Waals surface area contributed by atoms with Crippen LogP contribution < -0.4 is 4.90 Å². The summed E-state index contributed by atoms with van der Waals surface area (Å²) < 4.78 is 5.26. The number of rotatable bonds is 5. The van der Waals surface area contributed by atoms with Crippen LogP contribution in [-0.4, -0.2) is 33.0 Å². The lowest BCUT2D eigenvalue weighted by molar-refractivity contribution is 0.453. The summed E-state index contributed by atoms with van der Waals surface area (Å²) in [6, 6.07) is 0. The van der Waals surface area contributed by atoms with Gasteiger partial charge in [-0.2, -0.15) is 15.0 Å². The lowest BCUT2D eigenvalue weighted by Crippen LogP contribution is -2.24. The monoisotopic (exact) mass is 299 g/mol. The summed E-state index contributed by atoms with van der Waals surface area (Å²) in [7, 11) is 0. The SMILES string of the molecule is CCN(CC)c1nc(Cl)nc(Sc2nc(C)co2)n1. The third-order valence-corrected chi connectivity index (χ3v) is 3.29. The molecule has 102 valence electrons. The van der Waals surface area contributed by atoms with Crippen LogP contribution in [0.15, 0.2) is 21.1 Å². The van der Waals surface area contributed by atoms with Crippen molar-refractivity contribution in [2.45, 2.75) is 31.2 Å². The van der Waals surface area contributed by atoms with Crippen LogP contribution in [-0.2, 0) is 0 Å². The first kappa shape index (κ1) is 14.1. The molecule has 0 spiro atoms. The number of hydrogen-bond donors (Lipinski definition) is 0. The zero-order valence-corrected chi connectivity index (χ0v) is 12.5. The van der Waals surface area contributed by atoms with Gasteiger partial charge < -0.3 is 9.32 Å². The molecule has 2 heterocycles. The highest BCUT2D eigenvalue weighted by Gasteiger charge is 2.13. The van der Waals surface area contributed by atoms with Gasteiger partial charge in [0, 0.05) is 24.9 Å². The van der Waals surface area contributed by atoms with Crippen molar-refractivity contribution in [1.82, 2.24) is 19.9 Å². The van der Waals surface area contributed by atoms with Crippen molar-refractivity contribution in [2.75, 3.05) is 18.0 Å². The van der Waals surface area contributed by atoms with Crippen molar-refractivity contribution in [2.24, 2.45) is 0 Å². The van der Waals surface area contributed by atoms with Crippen molar-refractivity contribution >= 4 is 29.3 Å². The topological polar surface area (TPSA) is 67.9 Å². The molecule has 2 rings (SSSR count). The van der Waals surface area contributed by atoms with Gasteiger partial charge in [-0.05, 0) is 32.4 Å². The van der Waals surface area contributed by atoms with E-state index in [1.807, 2.05) is 25.7 Å². The minimum absolute atomic E-state index is 0.169. The van der Waals surface area contributed by atoms with E-state index in [0.717, 1.165) is 18.8 Å². The Bertz CT molecular complexity index is 558. The van der Waals surface area contributed by atoms with E-state index in [-0.39, 0.29) is 5.28 Å². The predicted molar refractivity (Wildman–Crippen MR) is 73.8 cm³/mol. The molecule has 2 aromatic rings. The van der Waals surface area contributed by atoms with Gasteiger partial charge >= 0.3 is 0 Å². The van der Waals surface area contributed by atoms with E-state index in [9.17, 15) is 0 Å². The average molecular weight is 300 g/mol. The molecule has 0 amide bonds. The Morgan fingerprint density at radius 2 is 1.95 bits per heavy atom. The lowest BCUT2D eigenvalue weighted by Gasteiger charge is -2.18. The van der Waals surface area contributed by atoms with Crippen LogP contribution in [0.25, 0.3) is 0 Å². The fraction of sp³-hybridized carbons (Fsp3) is 0.455. The maximum Gasteiger partial charge on any atom is 0.263 e. The molecule has 0 saturated heterocycles. The minimum atomic E-state index is 0.169. The van der Waals surface area contributed by atoms with Crippen LogP contribution in [0.5, 0.6) is 0 Å². The Morgan fingerprint density at radius 3 is 2.53 bits per heavy atom. The second-order valence-corrected chi connectivity index (χ2v) is 4.97. The second kappa shape index (κ2) is 6.21. The molecule has 0 aliphatic rings. The van der Waals surface area contributed by atoms with Gasteiger partial charge in [-0.1, -0.05) is 0 Å². The Balaban J connectivity index is 2.25. The molecule has 2 aromatic heterocycles. The molecule has 0 fully saturated rings. The molecule has 6 nitrogen and oxygen atoms in total. The van der Waals surface area contributed by atoms with Crippen molar-refractivity contribution in [1.29, 1.82) is 0 Å².